The number of phosphoric acid groups is 1. The second-order valence-corrected chi connectivity index (χ2v) is 15.5. The molecule has 12 heteroatoms. The van der Waals surface area contributed by atoms with Gasteiger partial charge in [-0.1, -0.05) is 114 Å². The summed E-state index contributed by atoms with van der Waals surface area (Å²) in [6, 6.07) is 0. The van der Waals surface area contributed by atoms with Crippen molar-refractivity contribution in [3.8, 4) is 0 Å². The molecule has 53 heavy (non-hydrogen) atoms. The number of allylic oxidation sites excluding steroid dienone is 6. The van der Waals surface area contributed by atoms with E-state index in [2.05, 4.69) is 54.8 Å². The quantitative estimate of drug-likeness (QED) is 0.0192. The third-order valence-corrected chi connectivity index (χ3v) is 9.91. The van der Waals surface area contributed by atoms with Crippen molar-refractivity contribution in [1.82, 2.24) is 0 Å². The van der Waals surface area contributed by atoms with Crippen LogP contribution >= 0.6 is 7.82 Å². The maximum absolute atomic E-state index is 12.4. The highest BCUT2D eigenvalue weighted by Gasteiger charge is 2.39. The zero-order valence-corrected chi connectivity index (χ0v) is 33.4. The Balaban J connectivity index is 2.31. The Morgan fingerprint density at radius 1 is 0.736 bits per heavy atom. The van der Waals surface area contributed by atoms with Crippen molar-refractivity contribution in [2.75, 3.05) is 13.2 Å². The van der Waals surface area contributed by atoms with E-state index >= 15 is 0 Å². The van der Waals surface area contributed by atoms with Gasteiger partial charge < -0.3 is 34.6 Å². The van der Waals surface area contributed by atoms with E-state index in [1.807, 2.05) is 6.08 Å². The predicted octanol–water partition coefficient (Wildman–Crippen LogP) is 8.34. The number of aliphatic hydroxyl groups is 3. The number of aliphatic hydroxyl groups excluding tert-OH is 3. The van der Waals surface area contributed by atoms with Crippen LogP contribution in [0.3, 0.4) is 0 Å². The van der Waals surface area contributed by atoms with E-state index in [0.29, 0.717) is 25.7 Å². The van der Waals surface area contributed by atoms with Gasteiger partial charge in [-0.05, 0) is 70.1 Å². The number of rotatable bonds is 32. The van der Waals surface area contributed by atoms with Crippen LogP contribution in [0, 0.1) is 11.8 Å². The van der Waals surface area contributed by atoms with Gasteiger partial charge in [-0.25, -0.2) is 4.57 Å². The maximum Gasteiger partial charge on any atom is 0.469 e. The van der Waals surface area contributed by atoms with Crippen LogP contribution in [-0.2, 0) is 28.2 Å². The first-order valence-corrected chi connectivity index (χ1v) is 21.7. The van der Waals surface area contributed by atoms with Crippen molar-refractivity contribution in [3.05, 3.63) is 48.6 Å². The summed E-state index contributed by atoms with van der Waals surface area (Å²) in [5, 5.41) is 31.2. The lowest BCUT2D eigenvalue weighted by Gasteiger charge is -2.21. The standard InChI is InChI=1S/C41H71O11P/c1-3-5-7-8-9-10-11-12-13-14-15-16-17-18-24-28-41(46)52-35(33-51-53(47,48)49)32-50-40(45)27-23-20-19-22-26-36-37(39(44)31-38(36)43)30-29-34(42)25-21-6-4-2/h9-10,12-13,15-16,29-30,34-39,42-44H,3-8,11,14,17-28,31-33H2,1-2H3,(H2,47,48,49)/b10-9-,13-12-,16-15-,30-29+/t34-,35+,36+,37+,38-,39+/m0/s1. The Bertz CT molecular complexity index is 1120. The summed E-state index contributed by atoms with van der Waals surface area (Å²) in [6.07, 6.45) is 30.5. The highest BCUT2D eigenvalue weighted by atomic mass is 31.2. The molecule has 0 unspecified atom stereocenters. The number of esters is 2. The Hall–Kier alpha value is -2.11. The number of carbonyl (C=O) groups excluding carboxylic acids is 2. The fourth-order valence-corrected chi connectivity index (χ4v) is 6.72. The molecule has 306 valence electrons. The molecular weight excluding hydrogens is 699 g/mol. The van der Waals surface area contributed by atoms with Gasteiger partial charge in [0, 0.05) is 25.2 Å². The first-order chi connectivity index (χ1) is 25.5. The van der Waals surface area contributed by atoms with Crippen LogP contribution in [0.15, 0.2) is 48.6 Å². The van der Waals surface area contributed by atoms with Gasteiger partial charge in [-0.3, -0.25) is 14.1 Å². The normalized spacial score (nSPS) is 20.7. The third-order valence-electron chi connectivity index (χ3n) is 9.42. The third kappa shape index (κ3) is 27.2. The summed E-state index contributed by atoms with van der Waals surface area (Å²) >= 11 is 0. The van der Waals surface area contributed by atoms with Crippen LogP contribution in [0.2, 0.25) is 0 Å². The maximum atomic E-state index is 12.4. The van der Waals surface area contributed by atoms with Gasteiger partial charge in [0.05, 0.1) is 24.9 Å². The number of unbranched alkanes of at least 4 members (excludes halogenated alkanes) is 10. The highest BCUT2D eigenvalue weighted by molar-refractivity contribution is 7.46. The van der Waals surface area contributed by atoms with Crippen molar-refractivity contribution in [1.29, 1.82) is 0 Å². The number of carbonyl (C=O) groups is 2. The fourth-order valence-electron chi connectivity index (χ4n) is 6.36. The molecule has 1 saturated carbocycles. The topological polar surface area (TPSA) is 180 Å². The molecule has 0 amide bonds. The second-order valence-electron chi connectivity index (χ2n) is 14.2. The average Bonchev–Trinajstić information content (AvgIpc) is 3.38. The van der Waals surface area contributed by atoms with Crippen molar-refractivity contribution in [2.45, 2.75) is 173 Å². The highest BCUT2D eigenvalue weighted by Crippen LogP contribution is 2.37. The van der Waals surface area contributed by atoms with Crippen LogP contribution in [-0.4, -0.2) is 74.7 Å². The Labute approximate surface area is 319 Å². The van der Waals surface area contributed by atoms with Gasteiger partial charge in [0.1, 0.15) is 6.61 Å². The smallest absolute Gasteiger partial charge is 0.462 e. The minimum absolute atomic E-state index is 0.0871. The first kappa shape index (κ1) is 48.9. The van der Waals surface area contributed by atoms with Crippen molar-refractivity contribution in [3.63, 3.8) is 0 Å². The molecular formula is C41H71O11P. The van der Waals surface area contributed by atoms with E-state index < -0.39 is 50.8 Å². The van der Waals surface area contributed by atoms with Gasteiger partial charge >= 0.3 is 19.8 Å². The minimum atomic E-state index is -4.82. The molecule has 0 aromatic carbocycles. The van der Waals surface area contributed by atoms with Crippen LogP contribution in [0.1, 0.15) is 149 Å². The molecule has 1 aliphatic rings. The molecule has 0 aromatic heterocycles. The monoisotopic (exact) mass is 770 g/mol. The number of hydrogen-bond acceptors (Lipinski definition) is 9. The molecule has 1 rings (SSSR count). The summed E-state index contributed by atoms with van der Waals surface area (Å²) in [7, 11) is -4.82. The molecule has 0 spiro atoms. The van der Waals surface area contributed by atoms with Crippen molar-refractivity contribution in [2.24, 2.45) is 11.8 Å². The fraction of sp³-hybridized carbons (Fsp3) is 0.756. The molecule has 0 heterocycles. The molecule has 1 aliphatic carbocycles. The zero-order chi connectivity index (χ0) is 39.2. The Morgan fingerprint density at radius 3 is 1.98 bits per heavy atom. The lowest BCUT2D eigenvalue weighted by atomic mass is 9.88. The SMILES string of the molecule is CCCCC/C=C\C/C=C\C/C=C\CCCCC(=O)O[C@H](COC(=O)CCCCCC[C@@H]1[C@@H](/C=C/[C@@H](O)CCCCC)[C@H](O)C[C@@H]1O)COP(=O)(O)O. The van der Waals surface area contributed by atoms with Crippen molar-refractivity contribution >= 4 is 19.8 Å². The molecule has 6 atom stereocenters. The molecule has 0 aromatic rings. The van der Waals surface area contributed by atoms with E-state index in [9.17, 15) is 29.5 Å². The van der Waals surface area contributed by atoms with E-state index in [0.717, 1.165) is 77.0 Å². The molecule has 11 nitrogen and oxygen atoms in total. The zero-order valence-electron chi connectivity index (χ0n) is 32.5. The molecule has 5 N–H and O–H groups in total. The van der Waals surface area contributed by atoms with E-state index in [1.165, 1.54) is 19.3 Å². The van der Waals surface area contributed by atoms with Crippen LogP contribution in [0.5, 0.6) is 0 Å². The van der Waals surface area contributed by atoms with E-state index in [1.54, 1.807) is 6.08 Å². The number of ether oxygens (including phenoxy) is 2. The van der Waals surface area contributed by atoms with Gasteiger partial charge in [0.2, 0.25) is 0 Å². The lowest BCUT2D eigenvalue weighted by Crippen LogP contribution is -2.29. The summed E-state index contributed by atoms with van der Waals surface area (Å²) in [5.74, 6) is -1.36. The van der Waals surface area contributed by atoms with E-state index in [4.69, 9.17) is 19.3 Å². The molecule has 1 fully saturated rings. The predicted molar refractivity (Wildman–Crippen MR) is 209 cm³/mol. The van der Waals surface area contributed by atoms with E-state index in [-0.39, 0.29) is 31.3 Å². The Morgan fingerprint density at radius 2 is 1.32 bits per heavy atom. The van der Waals surface area contributed by atoms with Crippen molar-refractivity contribution < 1.29 is 53.3 Å². The molecule has 0 bridgehead atoms. The minimum Gasteiger partial charge on any atom is -0.462 e. The second kappa shape index (κ2) is 31.1. The van der Waals surface area contributed by atoms with Gasteiger partial charge in [-0.2, -0.15) is 0 Å². The lowest BCUT2D eigenvalue weighted by molar-refractivity contribution is -0.161. The number of hydrogen-bond donors (Lipinski definition) is 5. The van der Waals surface area contributed by atoms with Crippen LogP contribution < -0.4 is 0 Å². The summed E-state index contributed by atoms with van der Waals surface area (Å²) < 4.78 is 26.3. The van der Waals surface area contributed by atoms with Gasteiger partial charge in [0.15, 0.2) is 6.10 Å². The summed E-state index contributed by atoms with van der Waals surface area (Å²) in [5.41, 5.74) is 0. The van der Waals surface area contributed by atoms with Crippen LogP contribution in [0.4, 0.5) is 0 Å². The number of phosphoric ester groups is 1. The average molecular weight is 771 g/mol. The molecule has 0 radical (unpaired) electrons. The molecule has 0 aliphatic heterocycles. The van der Waals surface area contributed by atoms with Gasteiger partial charge in [0.25, 0.3) is 0 Å². The largest absolute Gasteiger partial charge is 0.469 e. The van der Waals surface area contributed by atoms with Gasteiger partial charge in [-0.15, -0.1) is 0 Å². The first-order valence-electron chi connectivity index (χ1n) is 20.2. The summed E-state index contributed by atoms with van der Waals surface area (Å²) in [4.78, 5) is 43.0. The molecule has 0 saturated heterocycles. The summed E-state index contributed by atoms with van der Waals surface area (Å²) in [6.45, 7) is 3.33. The Kier molecular flexibility index (Phi) is 28.7. The van der Waals surface area contributed by atoms with Crippen LogP contribution in [0.25, 0.3) is 0 Å².